The number of carbonyl (C=O) groups excluding carboxylic acids is 1. The molecular weight excluding hydrogens is 336 g/mol. The molecular formula is C19H28N2O5. The van der Waals surface area contributed by atoms with Crippen molar-refractivity contribution in [2.24, 2.45) is 5.73 Å². The highest BCUT2D eigenvalue weighted by Gasteiger charge is 2.21. The summed E-state index contributed by atoms with van der Waals surface area (Å²) in [6.07, 6.45) is 7.17. The number of methoxy groups -OCH3 is 2. The lowest BCUT2D eigenvalue weighted by Crippen LogP contribution is -2.47. The van der Waals surface area contributed by atoms with E-state index in [1.807, 2.05) is 0 Å². The number of nitrogens with two attached hydrogens (primary N) is 1. The van der Waals surface area contributed by atoms with Crippen molar-refractivity contribution in [3.8, 4) is 11.5 Å². The van der Waals surface area contributed by atoms with Gasteiger partial charge in [-0.05, 0) is 43.4 Å². The Balaban J connectivity index is 1.97. The maximum Gasteiger partial charge on any atom is 0.407 e. The second-order valence-corrected chi connectivity index (χ2v) is 6.27. The summed E-state index contributed by atoms with van der Waals surface area (Å²) in [6, 6.07) is 3.25. The van der Waals surface area contributed by atoms with Crippen LogP contribution in [-0.4, -0.2) is 37.5 Å². The van der Waals surface area contributed by atoms with Crippen molar-refractivity contribution < 1.29 is 24.1 Å². The number of aliphatic hydroxyl groups excluding tert-OH is 1. The van der Waals surface area contributed by atoms with Crippen LogP contribution in [0.25, 0.3) is 0 Å². The number of alkyl carbamates (subject to hydrolysis) is 1. The number of rotatable bonds is 6. The first-order valence-corrected chi connectivity index (χ1v) is 8.77. The van der Waals surface area contributed by atoms with Gasteiger partial charge in [-0.25, -0.2) is 4.79 Å². The molecule has 0 aromatic heterocycles. The van der Waals surface area contributed by atoms with Crippen LogP contribution in [0.4, 0.5) is 4.79 Å². The third kappa shape index (κ3) is 5.37. The zero-order valence-corrected chi connectivity index (χ0v) is 15.4. The first-order valence-electron chi connectivity index (χ1n) is 8.77. The Hall–Kier alpha value is -2.25. The lowest BCUT2D eigenvalue weighted by Gasteiger charge is -2.25. The Morgan fingerprint density at radius 3 is 2.62 bits per heavy atom. The largest absolute Gasteiger partial charge is 0.493 e. The average molecular weight is 364 g/mol. The number of nitrogens with one attached hydrogen (secondary N) is 1. The molecule has 1 aromatic rings. The molecule has 2 atom stereocenters. The SMILES string of the molecule is COc1cc(COC(=O)NC2CC/C=C/CCC2N)cc(CO)c1OC. The Morgan fingerprint density at radius 2 is 1.96 bits per heavy atom. The van der Waals surface area contributed by atoms with Crippen molar-refractivity contribution in [1.29, 1.82) is 0 Å². The molecule has 4 N–H and O–H groups in total. The predicted molar refractivity (Wildman–Crippen MR) is 98.2 cm³/mol. The summed E-state index contributed by atoms with van der Waals surface area (Å²) in [5, 5.41) is 12.4. The van der Waals surface area contributed by atoms with Crippen molar-refractivity contribution >= 4 is 6.09 Å². The topological polar surface area (TPSA) is 103 Å². The van der Waals surface area contributed by atoms with E-state index in [1.165, 1.54) is 14.2 Å². The number of hydrogen-bond donors (Lipinski definition) is 3. The molecule has 144 valence electrons. The Labute approximate surface area is 154 Å². The van der Waals surface area contributed by atoms with Crippen LogP contribution in [0.3, 0.4) is 0 Å². The number of hydrogen-bond acceptors (Lipinski definition) is 6. The Morgan fingerprint density at radius 1 is 1.23 bits per heavy atom. The van der Waals surface area contributed by atoms with Crippen LogP contribution >= 0.6 is 0 Å². The van der Waals surface area contributed by atoms with E-state index in [0.717, 1.165) is 25.7 Å². The van der Waals surface area contributed by atoms with Crippen LogP contribution in [0, 0.1) is 0 Å². The van der Waals surface area contributed by atoms with Gasteiger partial charge in [0.1, 0.15) is 6.61 Å². The second kappa shape index (κ2) is 10.0. The first-order chi connectivity index (χ1) is 12.6. The lowest BCUT2D eigenvalue weighted by atomic mass is 9.96. The van der Waals surface area contributed by atoms with Gasteiger partial charge in [0, 0.05) is 17.6 Å². The van der Waals surface area contributed by atoms with Gasteiger partial charge in [-0.2, -0.15) is 0 Å². The molecule has 0 bridgehead atoms. The van der Waals surface area contributed by atoms with Crippen molar-refractivity contribution in [3.05, 3.63) is 35.4 Å². The van der Waals surface area contributed by atoms with Crippen molar-refractivity contribution in [1.82, 2.24) is 5.32 Å². The molecule has 1 amide bonds. The van der Waals surface area contributed by atoms with Gasteiger partial charge in [-0.15, -0.1) is 0 Å². The molecule has 2 rings (SSSR count). The van der Waals surface area contributed by atoms with Crippen molar-refractivity contribution in [2.45, 2.75) is 51.0 Å². The van der Waals surface area contributed by atoms with E-state index in [0.29, 0.717) is 22.6 Å². The number of amides is 1. The normalized spacial score (nSPS) is 21.2. The monoisotopic (exact) mass is 364 g/mol. The van der Waals surface area contributed by atoms with Gasteiger partial charge in [-0.1, -0.05) is 12.2 Å². The molecule has 26 heavy (non-hydrogen) atoms. The third-order valence-electron chi connectivity index (χ3n) is 4.45. The van der Waals surface area contributed by atoms with Crippen LogP contribution in [0.1, 0.15) is 36.8 Å². The summed E-state index contributed by atoms with van der Waals surface area (Å²) < 4.78 is 15.8. The number of carbonyl (C=O) groups is 1. The highest BCUT2D eigenvalue weighted by atomic mass is 16.5. The molecule has 0 aliphatic heterocycles. The number of aliphatic hydroxyl groups is 1. The maximum absolute atomic E-state index is 12.1. The Bertz CT molecular complexity index is 607. The molecule has 0 radical (unpaired) electrons. The van der Waals surface area contributed by atoms with Crippen LogP contribution in [0.5, 0.6) is 11.5 Å². The molecule has 7 nitrogen and oxygen atoms in total. The van der Waals surface area contributed by atoms with E-state index in [2.05, 4.69) is 17.5 Å². The summed E-state index contributed by atoms with van der Waals surface area (Å²) in [5.74, 6) is 0.948. The smallest absolute Gasteiger partial charge is 0.407 e. The molecule has 1 aliphatic carbocycles. The minimum atomic E-state index is -0.504. The fourth-order valence-corrected chi connectivity index (χ4v) is 3.04. The number of ether oxygens (including phenoxy) is 3. The highest BCUT2D eigenvalue weighted by Crippen LogP contribution is 2.32. The number of allylic oxidation sites excluding steroid dienone is 2. The van der Waals surface area contributed by atoms with Gasteiger partial charge >= 0.3 is 6.09 Å². The van der Waals surface area contributed by atoms with E-state index in [9.17, 15) is 9.90 Å². The van der Waals surface area contributed by atoms with Crippen LogP contribution < -0.4 is 20.5 Å². The summed E-state index contributed by atoms with van der Waals surface area (Å²) in [6.45, 7) is -0.148. The van der Waals surface area contributed by atoms with Crippen LogP contribution in [0.15, 0.2) is 24.3 Å². The molecule has 1 aliphatic rings. The Kier molecular flexibility index (Phi) is 7.74. The van der Waals surface area contributed by atoms with Gasteiger partial charge in [0.2, 0.25) is 0 Å². The van der Waals surface area contributed by atoms with Gasteiger partial charge in [-0.3, -0.25) is 0 Å². The van der Waals surface area contributed by atoms with E-state index < -0.39 is 6.09 Å². The second-order valence-electron chi connectivity index (χ2n) is 6.27. The average Bonchev–Trinajstić information content (AvgIpc) is 2.65. The molecule has 0 heterocycles. The molecule has 0 fully saturated rings. The van der Waals surface area contributed by atoms with Gasteiger partial charge in [0.25, 0.3) is 0 Å². The summed E-state index contributed by atoms with van der Waals surface area (Å²) in [4.78, 5) is 12.1. The van der Waals surface area contributed by atoms with Gasteiger partial charge < -0.3 is 30.4 Å². The third-order valence-corrected chi connectivity index (χ3v) is 4.45. The molecule has 7 heteroatoms. The van der Waals surface area contributed by atoms with E-state index in [-0.39, 0.29) is 25.3 Å². The number of benzene rings is 1. The van der Waals surface area contributed by atoms with E-state index in [4.69, 9.17) is 19.9 Å². The van der Waals surface area contributed by atoms with Crippen LogP contribution in [-0.2, 0) is 18.0 Å². The lowest BCUT2D eigenvalue weighted by molar-refractivity contribution is 0.133. The molecule has 2 unspecified atom stereocenters. The first kappa shape index (κ1) is 20.1. The van der Waals surface area contributed by atoms with Gasteiger partial charge in [0.15, 0.2) is 11.5 Å². The van der Waals surface area contributed by atoms with E-state index >= 15 is 0 Å². The fourth-order valence-electron chi connectivity index (χ4n) is 3.04. The standard InChI is InChI=1S/C19H28N2O5/c1-24-17-10-13(9-14(11-22)18(17)25-2)12-26-19(23)21-16-8-6-4-3-5-7-15(16)20/h3-4,9-10,15-16,22H,5-8,11-12,20H2,1-2H3,(H,21,23)/b4-3+. The van der Waals surface area contributed by atoms with Crippen molar-refractivity contribution in [3.63, 3.8) is 0 Å². The van der Waals surface area contributed by atoms with Gasteiger partial charge in [0.05, 0.1) is 20.8 Å². The minimum absolute atomic E-state index is 0.0566. The van der Waals surface area contributed by atoms with Crippen molar-refractivity contribution in [2.75, 3.05) is 14.2 Å². The summed E-state index contributed by atoms with van der Waals surface area (Å²) >= 11 is 0. The zero-order valence-electron chi connectivity index (χ0n) is 15.4. The summed E-state index contributed by atoms with van der Waals surface area (Å²) in [7, 11) is 3.02. The van der Waals surface area contributed by atoms with E-state index in [1.54, 1.807) is 12.1 Å². The maximum atomic E-state index is 12.1. The van der Waals surface area contributed by atoms with Crippen LogP contribution in [0.2, 0.25) is 0 Å². The molecule has 1 aromatic carbocycles. The zero-order chi connectivity index (χ0) is 18.9. The predicted octanol–water partition coefficient (Wildman–Crippen LogP) is 2.25. The quantitative estimate of drug-likeness (QED) is 0.669. The minimum Gasteiger partial charge on any atom is -0.493 e. The summed E-state index contributed by atoms with van der Waals surface area (Å²) in [5.41, 5.74) is 7.42. The fraction of sp³-hybridized carbons (Fsp3) is 0.526. The molecule has 0 saturated heterocycles. The highest BCUT2D eigenvalue weighted by molar-refractivity contribution is 5.67. The molecule has 0 spiro atoms. The molecule has 0 saturated carbocycles.